The first kappa shape index (κ1) is 9.01. The third-order valence-electron chi connectivity index (χ3n) is 1.53. The molecule has 1 aromatic rings. The summed E-state index contributed by atoms with van der Waals surface area (Å²) in [6.45, 7) is 3.47. The van der Waals surface area contributed by atoms with Crippen molar-refractivity contribution in [1.82, 2.24) is 0 Å². The van der Waals surface area contributed by atoms with Crippen molar-refractivity contribution in [3.05, 3.63) is 42.0 Å². The number of ether oxygens (including phenoxy) is 1. The maximum Gasteiger partial charge on any atom is 0.0650 e. The Balaban J connectivity index is 2.36. The maximum atomic E-state index is 5.17. The maximum absolute atomic E-state index is 5.17. The van der Waals surface area contributed by atoms with Crippen LogP contribution in [0.25, 0.3) is 6.08 Å². The van der Waals surface area contributed by atoms with Crippen LogP contribution in [-0.4, -0.2) is 13.2 Å². The smallest absolute Gasteiger partial charge is 0.0650 e. The lowest BCUT2D eigenvalue weighted by molar-refractivity contribution is 0.178. The molecule has 0 spiro atoms. The lowest BCUT2D eigenvalue weighted by atomic mass is 10.2. The van der Waals surface area contributed by atoms with Crippen LogP contribution in [0.1, 0.15) is 12.5 Å². The zero-order chi connectivity index (χ0) is 8.65. The van der Waals surface area contributed by atoms with E-state index < -0.39 is 0 Å². The molecule has 0 radical (unpaired) electrons. The number of hydrogen-bond acceptors (Lipinski definition) is 1. The van der Waals surface area contributed by atoms with Crippen molar-refractivity contribution in [1.29, 1.82) is 0 Å². The van der Waals surface area contributed by atoms with E-state index in [4.69, 9.17) is 4.74 Å². The summed E-state index contributed by atoms with van der Waals surface area (Å²) in [5.41, 5.74) is 1.22. The fourth-order valence-electron chi connectivity index (χ4n) is 0.934. The van der Waals surface area contributed by atoms with Gasteiger partial charge in [0, 0.05) is 6.61 Å². The molecule has 0 heterocycles. The van der Waals surface area contributed by atoms with E-state index in [0.29, 0.717) is 6.61 Å². The number of benzene rings is 1. The Morgan fingerprint density at radius 1 is 1.25 bits per heavy atom. The monoisotopic (exact) mass is 162 g/mol. The summed E-state index contributed by atoms with van der Waals surface area (Å²) >= 11 is 0. The average Bonchev–Trinajstić information content (AvgIpc) is 2.14. The summed E-state index contributed by atoms with van der Waals surface area (Å²) in [5.74, 6) is 0. The second kappa shape index (κ2) is 5.56. The standard InChI is InChI=1S/C11H14O/c1-2-12-10-6-9-11-7-4-3-5-8-11/h3-9H,2,10H2,1H3. The van der Waals surface area contributed by atoms with E-state index in [9.17, 15) is 0 Å². The van der Waals surface area contributed by atoms with Crippen molar-refractivity contribution in [2.75, 3.05) is 13.2 Å². The Bertz CT molecular complexity index is 226. The molecule has 12 heavy (non-hydrogen) atoms. The molecule has 0 amide bonds. The lowest BCUT2D eigenvalue weighted by Gasteiger charge is -1.93. The molecule has 0 aliphatic rings. The highest BCUT2D eigenvalue weighted by Gasteiger charge is 1.81. The van der Waals surface area contributed by atoms with Crippen LogP contribution in [0.2, 0.25) is 0 Å². The van der Waals surface area contributed by atoms with Gasteiger partial charge in [-0.15, -0.1) is 0 Å². The molecule has 0 atom stereocenters. The highest BCUT2D eigenvalue weighted by molar-refractivity contribution is 5.48. The van der Waals surface area contributed by atoms with Crippen molar-refractivity contribution in [3.63, 3.8) is 0 Å². The van der Waals surface area contributed by atoms with Gasteiger partial charge in [-0.1, -0.05) is 42.5 Å². The minimum absolute atomic E-state index is 0.700. The Hall–Kier alpha value is -1.08. The van der Waals surface area contributed by atoms with Gasteiger partial charge in [-0.25, -0.2) is 0 Å². The van der Waals surface area contributed by atoms with Crippen LogP contribution in [0, 0.1) is 0 Å². The second-order valence-electron chi connectivity index (χ2n) is 2.47. The van der Waals surface area contributed by atoms with Crippen LogP contribution >= 0.6 is 0 Å². The van der Waals surface area contributed by atoms with Crippen molar-refractivity contribution in [3.8, 4) is 0 Å². The van der Waals surface area contributed by atoms with Gasteiger partial charge < -0.3 is 4.74 Å². The molecule has 0 saturated carbocycles. The fourth-order valence-corrected chi connectivity index (χ4v) is 0.934. The molecule has 1 heteroatoms. The molecular formula is C11H14O. The predicted molar refractivity (Wildman–Crippen MR) is 52.0 cm³/mol. The van der Waals surface area contributed by atoms with Gasteiger partial charge in [0.1, 0.15) is 0 Å². The van der Waals surface area contributed by atoms with E-state index >= 15 is 0 Å². The summed E-state index contributed by atoms with van der Waals surface area (Å²) in [5, 5.41) is 0. The van der Waals surface area contributed by atoms with Gasteiger partial charge in [0.2, 0.25) is 0 Å². The van der Waals surface area contributed by atoms with Gasteiger partial charge in [0.15, 0.2) is 0 Å². The highest BCUT2D eigenvalue weighted by atomic mass is 16.5. The van der Waals surface area contributed by atoms with E-state index in [-0.39, 0.29) is 0 Å². The van der Waals surface area contributed by atoms with Crippen LogP contribution in [0.5, 0.6) is 0 Å². The largest absolute Gasteiger partial charge is 0.378 e. The molecule has 0 saturated heterocycles. The van der Waals surface area contributed by atoms with Gasteiger partial charge in [-0.3, -0.25) is 0 Å². The van der Waals surface area contributed by atoms with Crippen LogP contribution < -0.4 is 0 Å². The summed E-state index contributed by atoms with van der Waals surface area (Å²) < 4.78 is 5.17. The van der Waals surface area contributed by atoms with Gasteiger partial charge in [0.05, 0.1) is 6.61 Å². The minimum atomic E-state index is 0.700. The van der Waals surface area contributed by atoms with Crippen LogP contribution in [0.4, 0.5) is 0 Å². The van der Waals surface area contributed by atoms with Gasteiger partial charge >= 0.3 is 0 Å². The number of hydrogen-bond donors (Lipinski definition) is 0. The normalized spacial score (nSPS) is 10.8. The van der Waals surface area contributed by atoms with Gasteiger partial charge in [-0.05, 0) is 12.5 Å². The molecule has 0 aromatic heterocycles. The summed E-state index contributed by atoms with van der Waals surface area (Å²) in [6.07, 6.45) is 4.09. The molecule has 0 unspecified atom stereocenters. The average molecular weight is 162 g/mol. The topological polar surface area (TPSA) is 9.23 Å². The first-order valence-corrected chi connectivity index (χ1v) is 4.23. The summed E-state index contributed by atoms with van der Waals surface area (Å²) in [4.78, 5) is 0. The molecule has 0 aliphatic heterocycles. The second-order valence-corrected chi connectivity index (χ2v) is 2.47. The predicted octanol–water partition coefficient (Wildman–Crippen LogP) is 2.74. The van der Waals surface area contributed by atoms with Crippen molar-refractivity contribution < 1.29 is 4.74 Å². The lowest BCUT2D eigenvalue weighted by Crippen LogP contribution is -1.87. The quantitative estimate of drug-likeness (QED) is 0.618. The van der Waals surface area contributed by atoms with Gasteiger partial charge in [-0.2, -0.15) is 0 Å². The van der Waals surface area contributed by atoms with E-state index in [1.54, 1.807) is 0 Å². The highest BCUT2D eigenvalue weighted by Crippen LogP contribution is 2.00. The zero-order valence-corrected chi connectivity index (χ0v) is 7.36. The van der Waals surface area contributed by atoms with E-state index in [1.807, 2.05) is 31.2 Å². The Labute approximate surface area is 73.7 Å². The molecule has 0 N–H and O–H groups in total. The molecule has 1 rings (SSSR count). The fraction of sp³-hybridized carbons (Fsp3) is 0.273. The molecule has 1 nitrogen and oxygen atoms in total. The molecule has 0 fully saturated rings. The van der Waals surface area contributed by atoms with E-state index in [2.05, 4.69) is 18.2 Å². The molecule has 0 aliphatic carbocycles. The Morgan fingerprint density at radius 2 is 2.00 bits per heavy atom. The van der Waals surface area contributed by atoms with Crippen molar-refractivity contribution >= 4 is 6.08 Å². The minimum Gasteiger partial charge on any atom is -0.378 e. The molecular weight excluding hydrogens is 148 g/mol. The third-order valence-corrected chi connectivity index (χ3v) is 1.53. The Kier molecular flexibility index (Phi) is 4.17. The van der Waals surface area contributed by atoms with Gasteiger partial charge in [0.25, 0.3) is 0 Å². The first-order chi connectivity index (χ1) is 5.93. The van der Waals surface area contributed by atoms with Crippen molar-refractivity contribution in [2.24, 2.45) is 0 Å². The molecule has 0 bridgehead atoms. The zero-order valence-electron chi connectivity index (χ0n) is 7.36. The van der Waals surface area contributed by atoms with E-state index in [1.165, 1.54) is 5.56 Å². The van der Waals surface area contributed by atoms with Crippen molar-refractivity contribution in [2.45, 2.75) is 6.92 Å². The van der Waals surface area contributed by atoms with Crippen LogP contribution in [0.15, 0.2) is 36.4 Å². The van der Waals surface area contributed by atoms with E-state index in [0.717, 1.165) is 6.61 Å². The summed E-state index contributed by atoms with van der Waals surface area (Å²) in [7, 11) is 0. The molecule has 1 aromatic carbocycles. The first-order valence-electron chi connectivity index (χ1n) is 4.23. The van der Waals surface area contributed by atoms with Crippen LogP contribution in [-0.2, 0) is 4.74 Å². The van der Waals surface area contributed by atoms with Crippen LogP contribution in [0.3, 0.4) is 0 Å². The third kappa shape index (κ3) is 3.35. The Morgan fingerprint density at radius 3 is 2.67 bits per heavy atom. The SMILES string of the molecule is CCOCC=Cc1ccccc1. The number of rotatable bonds is 4. The molecule has 64 valence electrons. The summed E-state index contributed by atoms with van der Waals surface area (Å²) in [6, 6.07) is 10.2.